The SMILES string of the molecule is Cc1nccnc1N(C)C(=O)c1cc2c(=O)n(C)c(=O)n(C)c2s1. The lowest BCUT2D eigenvalue weighted by atomic mass is 10.3. The number of aromatic nitrogens is 4. The Labute approximate surface area is 140 Å². The maximum absolute atomic E-state index is 12.7. The molecule has 0 aliphatic carbocycles. The van der Waals surface area contributed by atoms with Crippen LogP contribution in [0.4, 0.5) is 5.82 Å². The number of aryl methyl sites for hydroxylation is 2. The van der Waals surface area contributed by atoms with Gasteiger partial charge in [0.25, 0.3) is 11.5 Å². The van der Waals surface area contributed by atoms with Crippen LogP contribution in [-0.2, 0) is 14.1 Å². The number of fused-ring (bicyclic) bond motifs is 1. The van der Waals surface area contributed by atoms with Gasteiger partial charge in [0.1, 0.15) is 4.83 Å². The average Bonchev–Trinajstić information content (AvgIpc) is 3.02. The van der Waals surface area contributed by atoms with E-state index in [1.165, 1.54) is 28.8 Å². The first-order chi connectivity index (χ1) is 11.3. The Morgan fingerprint density at radius 1 is 1.17 bits per heavy atom. The van der Waals surface area contributed by atoms with E-state index in [1.807, 2.05) is 0 Å². The number of rotatable bonds is 2. The molecule has 24 heavy (non-hydrogen) atoms. The molecule has 3 aromatic rings. The highest BCUT2D eigenvalue weighted by atomic mass is 32.1. The number of thiophene rings is 1. The standard InChI is InChI=1S/C15H15N5O3S/c1-8-11(17-6-5-16-8)18(2)13(22)10-7-9-12(21)19(3)15(23)20(4)14(9)24-10/h5-7H,1-4H3. The van der Waals surface area contributed by atoms with Gasteiger partial charge in [0, 0.05) is 33.5 Å². The number of hydrogen-bond donors (Lipinski definition) is 0. The minimum atomic E-state index is -0.425. The van der Waals surface area contributed by atoms with Crippen molar-refractivity contribution in [3.05, 3.63) is 49.9 Å². The molecule has 0 atom stereocenters. The summed E-state index contributed by atoms with van der Waals surface area (Å²) in [5, 5.41) is 0.345. The molecule has 0 N–H and O–H groups in total. The van der Waals surface area contributed by atoms with Crippen LogP contribution in [0, 0.1) is 6.92 Å². The lowest BCUT2D eigenvalue weighted by molar-refractivity contribution is 0.0996. The molecule has 9 heteroatoms. The summed E-state index contributed by atoms with van der Waals surface area (Å²) in [4.78, 5) is 47.5. The van der Waals surface area contributed by atoms with Gasteiger partial charge in [-0.1, -0.05) is 0 Å². The van der Waals surface area contributed by atoms with Crippen LogP contribution in [0.5, 0.6) is 0 Å². The Bertz CT molecular complexity index is 1080. The third kappa shape index (κ3) is 2.33. The third-order valence-corrected chi connectivity index (χ3v) is 5.01. The van der Waals surface area contributed by atoms with Crippen LogP contribution in [0.15, 0.2) is 28.0 Å². The van der Waals surface area contributed by atoms with E-state index in [0.717, 1.165) is 15.9 Å². The van der Waals surface area contributed by atoms with Gasteiger partial charge in [-0.2, -0.15) is 0 Å². The zero-order valence-corrected chi connectivity index (χ0v) is 14.4. The summed E-state index contributed by atoms with van der Waals surface area (Å²) in [5.41, 5.74) is -0.217. The average molecular weight is 345 g/mol. The van der Waals surface area contributed by atoms with Gasteiger partial charge in [-0.15, -0.1) is 11.3 Å². The molecule has 0 spiro atoms. The third-order valence-electron chi connectivity index (χ3n) is 3.81. The highest BCUT2D eigenvalue weighted by Crippen LogP contribution is 2.24. The lowest BCUT2D eigenvalue weighted by Gasteiger charge is -2.16. The van der Waals surface area contributed by atoms with Crippen LogP contribution in [0.1, 0.15) is 15.4 Å². The summed E-state index contributed by atoms with van der Waals surface area (Å²) in [7, 11) is 4.59. The van der Waals surface area contributed by atoms with Crippen LogP contribution in [0.2, 0.25) is 0 Å². The van der Waals surface area contributed by atoms with Crippen LogP contribution < -0.4 is 16.1 Å². The Morgan fingerprint density at radius 3 is 2.50 bits per heavy atom. The molecule has 3 aromatic heterocycles. The fourth-order valence-electron chi connectivity index (χ4n) is 2.46. The Balaban J connectivity index is 2.14. The Morgan fingerprint density at radius 2 is 1.83 bits per heavy atom. The molecule has 8 nitrogen and oxygen atoms in total. The number of carbonyl (C=O) groups is 1. The van der Waals surface area contributed by atoms with Crippen LogP contribution in [0.3, 0.4) is 0 Å². The summed E-state index contributed by atoms with van der Waals surface area (Å²) < 4.78 is 2.39. The van der Waals surface area contributed by atoms with Gasteiger partial charge in [-0.25, -0.2) is 9.78 Å². The van der Waals surface area contributed by atoms with Gasteiger partial charge < -0.3 is 0 Å². The van der Waals surface area contributed by atoms with Crippen molar-refractivity contribution < 1.29 is 4.79 Å². The van der Waals surface area contributed by atoms with E-state index >= 15 is 0 Å². The largest absolute Gasteiger partial charge is 0.331 e. The first kappa shape index (κ1) is 16.1. The Kier molecular flexibility index (Phi) is 3.80. The highest BCUT2D eigenvalue weighted by molar-refractivity contribution is 7.20. The van der Waals surface area contributed by atoms with Crippen molar-refractivity contribution >= 4 is 33.3 Å². The smallest absolute Gasteiger partial charge is 0.294 e. The molecule has 0 saturated carbocycles. The monoisotopic (exact) mass is 345 g/mol. The van der Waals surface area contributed by atoms with E-state index < -0.39 is 11.2 Å². The van der Waals surface area contributed by atoms with Crippen LogP contribution >= 0.6 is 11.3 Å². The molecule has 0 saturated heterocycles. The number of anilines is 1. The van der Waals surface area contributed by atoms with Crippen molar-refractivity contribution in [1.82, 2.24) is 19.1 Å². The summed E-state index contributed by atoms with van der Waals surface area (Å²) in [6.07, 6.45) is 3.06. The fraction of sp³-hybridized carbons (Fsp3) is 0.267. The van der Waals surface area contributed by atoms with Gasteiger partial charge in [0.05, 0.1) is 16.0 Å². The normalized spacial score (nSPS) is 11.0. The fourth-order valence-corrected chi connectivity index (χ4v) is 3.54. The molecule has 0 unspecified atom stereocenters. The second-order valence-corrected chi connectivity index (χ2v) is 6.40. The highest BCUT2D eigenvalue weighted by Gasteiger charge is 2.21. The molecule has 0 radical (unpaired) electrons. The molecule has 0 aliphatic rings. The minimum absolute atomic E-state index is 0.311. The molecule has 124 valence electrons. The van der Waals surface area contributed by atoms with E-state index in [2.05, 4.69) is 9.97 Å². The molecule has 1 amide bonds. The maximum Gasteiger partial charge on any atom is 0.331 e. The van der Waals surface area contributed by atoms with Crippen molar-refractivity contribution in [2.24, 2.45) is 14.1 Å². The second-order valence-electron chi connectivity index (χ2n) is 5.36. The quantitative estimate of drug-likeness (QED) is 0.681. The summed E-state index contributed by atoms with van der Waals surface area (Å²) in [5.74, 6) is 0.135. The van der Waals surface area contributed by atoms with Crippen LogP contribution in [0.25, 0.3) is 10.2 Å². The van der Waals surface area contributed by atoms with Gasteiger partial charge in [0.2, 0.25) is 0 Å². The summed E-state index contributed by atoms with van der Waals surface area (Å²) in [6.45, 7) is 1.76. The first-order valence-electron chi connectivity index (χ1n) is 7.08. The molecule has 3 rings (SSSR count). The minimum Gasteiger partial charge on any atom is -0.294 e. The predicted molar refractivity (Wildman–Crippen MR) is 91.8 cm³/mol. The van der Waals surface area contributed by atoms with Gasteiger partial charge >= 0.3 is 5.69 Å². The molecular weight excluding hydrogens is 330 g/mol. The molecule has 0 aromatic carbocycles. The molecular formula is C15H15N5O3S. The number of hydrogen-bond acceptors (Lipinski definition) is 6. The van der Waals surface area contributed by atoms with Gasteiger partial charge in [-0.3, -0.25) is 28.6 Å². The first-order valence-corrected chi connectivity index (χ1v) is 7.89. The van der Waals surface area contributed by atoms with E-state index in [1.54, 1.807) is 27.2 Å². The van der Waals surface area contributed by atoms with Crippen molar-refractivity contribution in [3.8, 4) is 0 Å². The topological polar surface area (TPSA) is 90.1 Å². The molecule has 0 fully saturated rings. The zero-order valence-electron chi connectivity index (χ0n) is 13.6. The second kappa shape index (κ2) is 5.68. The summed E-state index contributed by atoms with van der Waals surface area (Å²) >= 11 is 1.11. The van der Waals surface area contributed by atoms with Crippen LogP contribution in [-0.4, -0.2) is 32.1 Å². The van der Waals surface area contributed by atoms with E-state index in [4.69, 9.17) is 0 Å². The van der Waals surface area contributed by atoms with E-state index in [0.29, 0.717) is 26.6 Å². The number of carbonyl (C=O) groups excluding carboxylic acids is 1. The van der Waals surface area contributed by atoms with Crippen molar-refractivity contribution in [2.75, 3.05) is 11.9 Å². The van der Waals surface area contributed by atoms with Crippen molar-refractivity contribution in [2.45, 2.75) is 6.92 Å². The molecule has 3 heterocycles. The molecule has 0 aliphatic heterocycles. The van der Waals surface area contributed by atoms with Crippen molar-refractivity contribution in [1.29, 1.82) is 0 Å². The number of amides is 1. The van der Waals surface area contributed by atoms with Gasteiger partial charge in [-0.05, 0) is 13.0 Å². The number of nitrogens with zero attached hydrogens (tertiary/aromatic N) is 5. The Hall–Kier alpha value is -2.81. The predicted octanol–water partition coefficient (Wildman–Crippen LogP) is 0.674. The van der Waals surface area contributed by atoms with Crippen molar-refractivity contribution in [3.63, 3.8) is 0 Å². The lowest BCUT2D eigenvalue weighted by Crippen LogP contribution is -2.36. The zero-order chi connectivity index (χ0) is 17.6. The maximum atomic E-state index is 12.7. The van der Waals surface area contributed by atoms with E-state index in [-0.39, 0.29) is 5.91 Å². The van der Waals surface area contributed by atoms with Gasteiger partial charge in [0.15, 0.2) is 5.82 Å². The summed E-state index contributed by atoms with van der Waals surface area (Å²) in [6, 6.07) is 1.52. The molecule has 0 bridgehead atoms. The van der Waals surface area contributed by atoms with E-state index in [9.17, 15) is 14.4 Å².